The summed E-state index contributed by atoms with van der Waals surface area (Å²) in [7, 11) is 0. The molecule has 3 aromatic carbocycles. The highest BCUT2D eigenvalue weighted by atomic mass is 16.2. The minimum absolute atomic E-state index is 0.00332. The van der Waals surface area contributed by atoms with Gasteiger partial charge in [-0.3, -0.25) is 19.1 Å². The van der Waals surface area contributed by atoms with Crippen molar-refractivity contribution in [1.29, 1.82) is 0 Å². The summed E-state index contributed by atoms with van der Waals surface area (Å²) >= 11 is 0. The highest BCUT2D eigenvalue weighted by Gasteiger charge is 2.64. The van der Waals surface area contributed by atoms with Crippen molar-refractivity contribution in [2.45, 2.75) is 78.0 Å². The summed E-state index contributed by atoms with van der Waals surface area (Å²) in [5.74, 6) is 0.195. The fourth-order valence-electron chi connectivity index (χ4n) is 7.41. The number of ketones is 1. The zero-order valence-electron chi connectivity index (χ0n) is 27.8. The van der Waals surface area contributed by atoms with E-state index in [1.807, 2.05) is 74.5 Å². The van der Waals surface area contributed by atoms with E-state index in [0.717, 1.165) is 47.0 Å². The number of carbonyl (C=O) groups is 3. The van der Waals surface area contributed by atoms with Crippen LogP contribution in [0.2, 0.25) is 0 Å². The Kier molecular flexibility index (Phi) is 8.15. The van der Waals surface area contributed by atoms with E-state index in [2.05, 4.69) is 39.4 Å². The fraction of sp³-hybridized carbons (Fsp3) is 0.333. The van der Waals surface area contributed by atoms with Crippen LogP contribution >= 0.6 is 0 Å². The lowest BCUT2D eigenvalue weighted by atomic mass is 9.97. The number of fused-ring (bicyclic) bond motifs is 2. The van der Waals surface area contributed by atoms with Crippen molar-refractivity contribution in [1.82, 2.24) is 30.0 Å². The van der Waals surface area contributed by atoms with Crippen molar-refractivity contribution >= 4 is 28.5 Å². The maximum atomic E-state index is 14.2. The Bertz CT molecular complexity index is 2010. The van der Waals surface area contributed by atoms with E-state index in [0.29, 0.717) is 23.3 Å². The summed E-state index contributed by atoms with van der Waals surface area (Å²) < 4.78 is 1.64. The van der Waals surface area contributed by atoms with E-state index in [1.54, 1.807) is 22.0 Å². The molecule has 2 aliphatic rings. The van der Waals surface area contributed by atoms with Crippen molar-refractivity contribution in [3.05, 3.63) is 113 Å². The number of benzene rings is 3. The number of amides is 2. The van der Waals surface area contributed by atoms with Gasteiger partial charge in [0.25, 0.3) is 0 Å². The Hall–Kier alpha value is -5.18. The van der Waals surface area contributed by atoms with Gasteiger partial charge < -0.3 is 10.2 Å². The minimum atomic E-state index is -0.576. The van der Waals surface area contributed by atoms with Crippen molar-refractivity contribution in [2.75, 3.05) is 0 Å². The topological polar surface area (TPSA) is 110 Å². The van der Waals surface area contributed by atoms with Crippen molar-refractivity contribution < 1.29 is 14.4 Å². The van der Waals surface area contributed by atoms with Gasteiger partial charge >= 0.3 is 0 Å². The number of nitrogens with zero attached hydrogens (tertiary/aromatic N) is 5. The number of hydrogen-bond donors (Lipinski definition) is 1. The molecule has 0 bridgehead atoms. The number of likely N-dealkylation sites (tertiary alicyclic amines) is 1. The Labute approximate surface area is 280 Å². The van der Waals surface area contributed by atoms with E-state index >= 15 is 0 Å². The lowest BCUT2D eigenvalue weighted by Crippen LogP contribution is -2.49. The van der Waals surface area contributed by atoms with Crippen molar-refractivity contribution in [2.24, 2.45) is 5.41 Å². The van der Waals surface area contributed by atoms with Gasteiger partial charge in [-0.15, -0.1) is 0 Å². The molecule has 2 aromatic heterocycles. The molecule has 1 N–H and O–H groups in total. The number of carbonyl (C=O) groups excluding carboxylic acids is 3. The standard InChI is InChI=1S/C39H40N6O3/c1-24-17-29(30-21-40-26(3)41-22-30)18-31-36(25(2)46)43-44(37(24)31)23-35(47)45-33(19-39(4)20-34(39)45)38(48)42-32(28-13-9-6-10-14-28)16-15-27-11-7-5-8-12-27/h5-14,17-18,21-22,32-34H,15-16,19-20,23H2,1-4H3,(H,42,48)/t32?,33-,34?,39-/m0/s1. The Balaban J connectivity index is 1.15. The van der Waals surface area contributed by atoms with Gasteiger partial charge in [-0.1, -0.05) is 67.6 Å². The molecule has 1 saturated heterocycles. The smallest absolute Gasteiger partial charge is 0.245 e. The van der Waals surface area contributed by atoms with Gasteiger partial charge in [0.1, 0.15) is 24.1 Å². The first-order valence-corrected chi connectivity index (χ1v) is 16.6. The second kappa shape index (κ2) is 12.4. The van der Waals surface area contributed by atoms with E-state index < -0.39 is 6.04 Å². The van der Waals surface area contributed by atoms with Crippen LogP contribution in [0.15, 0.2) is 85.2 Å². The monoisotopic (exact) mass is 640 g/mol. The van der Waals surface area contributed by atoms with Gasteiger partial charge in [-0.25, -0.2) is 9.97 Å². The predicted octanol–water partition coefficient (Wildman–Crippen LogP) is 6.18. The number of aromatic nitrogens is 4. The molecule has 9 heteroatoms. The largest absolute Gasteiger partial charge is 0.347 e. The first-order chi connectivity index (χ1) is 23.1. The second-order valence-corrected chi connectivity index (χ2v) is 13.7. The van der Waals surface area contributed by atoms with Crippen LogP contribution in [0.5, 0.6) is 0 Å². The summed E-state index contributed by atoms with van der Waals surface area (Å²) in [5.41, 5.74) is 5.81. The maximum absolute atomic E-state index is 14.2. The van der Waals surface area contributed by atoms with E-state index in [1.165, 1.54) is 12.5 Å². The number of aryl methyl sites for hydroxylation is 3. The molecule has 4 atom stereocenters. The number of Topliss-reactive ketones (excluding diaryl/α,β-unsaturated/α-hetero) is 1. The van der Waals surface area contributed by atoms with Crippen LogP contribution in [0.4, 0.5) is 0 Å². The van der Waals surface area contributed by atoms with Gasteiger partial charge in [0.2, 0.25) is 11.8 Å². The summed E-state index contributed by atoms with van der Waals surface area (Å²) in [6.07, 6.45) is 6.58. The SMILES string of the molecule is CC(=O)c1nn(CC(=O)N2C3C[C@]3(C)C[C@H]2C(=O)NC(CCc2ccccc2)c2ccccc2)c2c(C)cc(-c3cnc(C)nc3)cc12. The molecule has 5 aromatic rings. The highest BCUT2D eigenvalue weighted by Crippen LogP contribution is 2.59. The van der Waals surface area contributed by atoms with Crippen molar-refractivity contribution in [3.8, 4) is 11.1 Å². The van der Waals surface area contributed by atoms with Gasteiger partial charge in [0.05, 0.1) is 11.6 Å². The molecule has 2 fully saturated rings. The minimum Gasteiger partial charge on any atom is -0.347 e. The van der Waals surface area contributed by atoms with Gasteiger partial charge in [-0.2, -0.15) is 5.10 Å². The molecule has 9 nitrogen and oxygen atoms in total. The lowest BCUT2D eigenvalue weighted by Gasteiger charge is -2.29. The lowest BCUT2D eigenvalue weighted by molar-refractivity contribution is -0.140. The van der Waals surface area contributed by atoms with E-state index in [4.69, 9.17) is 0 Å². The normalized spacial score (nSPS) is 20.4. The molecule has 244 valence electrons. The molecule has 7 rings (SSSR count). The molecule has 48 heavy (non-hydrogen) atoms. The molecule has 0 spiro atoms. The molecular formula is C39H40N6O3. The molecule has 1 aliphatic carbocycles. The molecule has 2 unspecified atom stereocenters. The number of piperidine rings is 1. The molecule has 1 saturated carbocycles. The second-order valence-electron chi connectivity index (χ2n) is 13.7. The number of hydrogen-bond acceptors (Lipinski definition) is 6. The molecular weight excluding hydrogens is 600 g/mol. The Morgan fingerprint density at radius 2 is 1.62 bits per heavy atom. The van der Waals surface area contributed by atoms with Crippen LogP contribution in [0.1, 0.15) is 72.2 Å². The first-order valence-electron chi connectivity index (χ1n) is 16.6. The third-order valence-electron chi connectivity index (χ3n) is 10.1. The average Bonchev–Trinajstić information content (AvgIpc) is 3.43. The molecule has 3 heterocycles. The first kappa shape index (κ1) is 31.4. The highest BCUT2D eigenvalue weighted by molar-refractivity contribution is 6.07. The summed E-state index contributed by atoms with van der Waals surface area (Å²) in [4.78, 5) is 51.5. The third kappa shape index (κ3) is 6.01. The van der Waals surface area contributed by atoms with Gasteiger partial charge in [0, 0.05) is 36.3 Å². The molecule has 1 aliphatic heterocycles. The van der Waals surface area contributed by atoms with Gasteiger partial charge in [0.15, 0.2) is 5.78 Å². The maximum Gasteiger partial charge on any atom is 0.245 e. The summed E-state index contributed by atoms with van der Waals surface area (Å²) in [6, 6.07) is 23.5. The quantitative estimate of drug-likeness (QED) is 0.183. The van der Waals surface area contributed by atoms with Crippen LogP contribution in [-0.4, -0.2) is 54.3 Å². The fourth-order valence-corrected chi connectivity index (χ4v) is 7.41. The van der Waals surface area contributed by atoms with Crippen molar-refractivity contribution in [3.63, 3.8) is 0 Å². The van der Waals surface area contributed by atoms with E-state index in [-0.39, 0.29) is 41.6 Å². The predicted molar refractivity (Wildman–Crippen MR) is 184 cm³/mol. The summed E-state index contributed by atoms with van der Waals surface area (Å²) in [6.45, 7) is 7.37. The van der Waals surface area contributed by atoms with Crippen LogP contribution < -0.4 is 5.32 Å². The zero-order chi connectivity index (χ0) is 33.6. The molecule has 2 amide bonds. The Morgan fingerprint density at radius 3 is 2.31 bits per heavy atom. The zero-order valence-corrected chi connectivity index (χ0v) is 27.8. The van der Waals surface area contributed by atoms with Crippen LogP contribution in [0.25, 0.3) is 22.0 Å². The number of nitrogens with one attached hydrogen (secondary N) is 1. The van der Waals surface area contributed by atoms with Gasteiger partial charge in [-0.05, 0) is 79.3 Å². The molecule has 0 radical (unpaired) electrons. The summed E-state index contributed by atoms with van der Waals surface area (Å²) in [5, 5.41) is 8.67. The van der Waals surface area contributed by atoms with Crippen LogP contribution in [0.3, 0.4) is 0 Å². The average molecular weight is 641 g/mol. The third-order valence-corrected chi connectivity index (χ3v) is 10.1. The van der Waals surface area contributed by atoms with Crippen LogP contribution in [-0.2, 0) is 22.6 Å². The Morgan fingerprint density at radius 1 is 0.938 bits per heavy atom. The van der Waals surface area contributed by atoms with Crippen LogP contribution in [0, 0.1) is 19.3 Å². The van der Waals surface area contributed by atoms with E-state index in [9.17, 15) is 14.4 Å². The number of rotatable bonds is 10.